The summed E-state index contributed by atoms with van der Waals surface area (Å²) >= 11 is 0. The molecule has 2 aromatic heterocycles. The Balaban J connectivity index is 0.000000185. The first kappa shape index (κ1) is 49.4. The van der Waals surface area contributed by atoms with Gasteiger partial charge in [0.05, 0.1) is 44.9 Å². The van der Waals surface area contributed by atoms with E-state index in [1.807, 2.05) is 42.5 Å². The molecule has 0 bridgehead atoms. The summed E-state index contributed by atoms with van der Waals surface area (Å²) in [5, 5.41) is 2.74. The van der Waals surface area contributed by atoms with Crippen LogP contribution < -0.4 is 45.4 Å². The van der Waals surface area contributed by atoms with Crippen LogP contribution in [0, 0.1) is 11.6 Å². The number of hydrogen-bond donors (Lipinski definition) is 3. The smallest absolute Gasteiger partial charge is 0.412 e. The average Bonchev–Trinajstić information content (AvgIpc) is 3.40. The number of rotatable bonds is 9. The SMILES string of the molecule is COc1ccc(COc2cc(N3CCOCC3)cc(-c3ccc(F)c4c3Oc3ccc(NC(=O)OC(C)(C)C)cc3C4)n2)cc1.Nc1ccc2c(c1)Cc1c(F)ccc(-c3cc(N4CCOCC4)cc(=O)[nH]3)c1O2. The maximum Gasteiger partial charge on any atom is 0.412 e. The zero-order chi connectivity index (χ0) is 51.5. The maximum atomic E-state index is 15.3. The lowest BCUT2D eigenvalue weighted by atomic mass is 9.95. The Morgan fingerprint density at radius 2 is 1.32 bits per heavy atom. The molecule has 7 aromatic rings. The van der Waals surface area contributed by atoms with Gasteiger partial charge in [-0.3, -0.25) is 10.1 Å². The highest BCUT2D eigenvalue weighted by molar-refractivity contribution is 5.85. The first-order valence-corrected chi connectivity index (χ1v) is 24.4. The van der Waals surface area contributed by atoms with Crippen molar-refractivity contribution < 1.29 is 46.7 Å². The van der Waals surface area contributed by atoms with E-state index in [9.17, 15) is 14.0 Å². The number of ether oxygens (including phenoxy) is 7. The van der Waals surface area contributed by atoms with Crippen molar-refractivity contribution in [1.29, 1.82) is 0 Å². The molecule has 15 nitrogen and oxygen atoms in total. The number of carbonyl (C=O) groups excluding carboxylic acids is 1. The van der Waals surface area contributed by atoms with E-state index >= 15 is 4.39 Å². The summed E-state index contributed by atoms with van der Waals surface area (Å²) in [7, 11) is 1.63. The molecule has 2 fully saturated rings. The fourth-order valence-corrected chi connectivity index (χ4v) is 9.20. The third kappa shape index (κ3) is 11.2. The largest absolute Gasteiger partial charge is 0.497 e. The van der Waals surface area contributed by atoms with Gasteiger partial charge in [-0.1, -0.05) is 12.1 Å². The fourth-order valence-electron chi connectivity index (χ4n) is 9.20. The number of amides is 1. The molecular weight excluding hydrogens is 951 g/mol. The molecule has 0 saturated carbocycles. The number of nitrogens with one attached hydrogen (secondary N) is 2. The van der Waals surface area contributed by atoms with Gasteiger partial charge in [0.2, 0.25) is 11.4 Å². The van der Waals surface area contributed by atoms with Gasteiger partial charge in [-0.25, -0.2) is 18.6 Å². The average molecular weight is 1010 g/mol. The summed E-state index contributed by atoms with van der Waals surface area (Å²) in [5.74, 6) is 2.53. The molecule has 4 N–H and O–H groups in total. The van der Waals surface area contributed by atoms with Gasteiger partial charge in [0.1, 0.15) is 52.6 Å². The van der Waals surface area contributed by atoms with Gasteiger partial charge >= 0.3 is 6.09 Å². The summed E-state index contributed by atoms with van der Waals surface area (Å²) in [4.78, 5) is 36.7. The minimum Gasteiger partial charge on any atom is -0.497 e. The van der Waals surface area contributed by atoms with Crippen molar-refractivity contribution in [1.82, 2.24) is 9.97 Å². The Morgan fingerprint density at radius 3 is 1.96 bits per heavy atom. The van der Waals surface area contributed by atoms with Gasteiger partial charge in [0, 0.05) is 107 Å². The number of morpholine rings is 2. The molecule has 0 atom stereocenters. The third-order valence-electron chi connectivity index (χ3n) is 12.8. The first-order valence-electron chi connectivity index (χ1n) is 24.4. The van der Waals surface area contributed by atoms with Crippen molar-refractivity contribution in [2.75, 3.05) is 80.6 Å². The van der Waals surface area contributed by atoms with E-state index in [1.165, 1.54) is 12.1 Å². The van der Waals surface area contributed by atoms with Crippen LogP contribution in [0.2, 0.25) is 0 Å². The van der Waals surface area contributed by atoms with E-state index in [0.29, 0.717) is 113 Å². The molecule has 0 unspecified atom stereocenters. The molecule has 74 heavy (non-hydrogen) atoms. The number of nitrogen functional groups attached to an aromatic ring is 1. The molecule has 0 radical (unpaired) electrons. The molecule has 17 heteroatoms. The topological polar surface area (TPSA) is 172 Å². The van der Waals surface area contributed by atoms with Crippen LogP contribution in [0.4, 0.5) is 36.3 Å². The predicted octanol–water partition coefficient (Wildman–Crippen LogP) is 10.7. The van der Waals surface area contributed by atoms with Crippen LogP contribution in [0.5, 0.6) is 34.6 Å². The lowest BCUT2D eigenvalue weighted by molar-refractivity contribution is 0.0635. The number of carbonyl (C=O) groups is 1. The van der Waals surface area contributed by atoms with Gasteiger partial charge in [0.15, 0.2) is 0 Å². The summed E-state index contributed by atoms with van der Waals surface area (Å²) in [6.07, 6.45) is 0.0882. The quantitative estimate of drug-likeness (QED) is 0.117. The van der Waals surface area contributed by atoms with Crippen LogP contribution in [0.1, 0.15) is 48.6 Å². The van der Waals surface area contributed by atoms with E-state index in [4.69, 9.17) is 43.9 Å². The van der Waals surface area contributed by atoms with E-state index in [-0.39, 0.29) is 23.6 Å². The van der Waals surface area contributed by atoms with Crippen molar-refractivity contribution >= 4 is 28.8 Å². The minimum atomic E-state index is -0.631. The normalized spacial score (nSPS) is 14.6. The lowest BCUT2D eigenvalue weighted by Gasteiger charge is -2.29. The highest BCUT2D eigenvalue weighted by Gasteiger charge is 2.28. The number of anilines is 4. The standard InChI is InChI=1S/C35H36FN3O6.C22H20FN3O3/c1-35(2,3)45-34(40)37-24-7-12-31-23(17-24)18-28-29(36)11-10-27(33(28)44-31)30-19-25(39-13-15-42-16-14-39)20-32(38-30)43-21-22-5-8-26(41-4)9-6-22;23-18-3-2-16(22-17(18)10-13-9-14(24)1-4-20(13)29-22)19-11-15(12-21(27)25-19)26-5-7-28-8-6-26/h5-12,17,19-20H,13-16,18,21H2,1-4H3,(H,37,40);1-4,9,11-12H,5-8,10,24H2,(H,25,27). The highest BCUT2D eigenvalue weighted by atomic mass is 19.1. The number of nitrogens with zero attached hydrogens (tertiary/aromatic N) is 3. The molecule has 0 spiro atoms. The number of methoxy groups -OCH3 is 1. The van der Waals surface area contributed by atoms with Gasteiger partial charge in [0.25, 0.3) is 0 Å². The van der Waals surface area contributed by atoms with E-state index in [1.54, 1.807) is 82.5 Å². The second-order valence-corrected chi connectivity index (χ2v) is 19.2. The molecule has 4 aliphatic heterocycles. The van der Waals surface area contributed by atoms with Gasteiger partial charge in [-0.05, 0) is 111 Å². The minimum absolute atomic E-state index is 0.217. The number of H-pyrrole nitrogens is 1. The molecule has 0 aliphatic carbocycles. The van der Waals surface area contributed by atoms with Crippen molar-refractivity contribution in [2.45, 2.75) is 45.8 Å². The summed E-state index contributed by atoms with van der Waals surface area (Å²) < 4.78 is 70.1. The zero-order valence-electron chi connectivity index (χ0n) is 41.5. The highest BCUT2D eigenvalue weighted by Crippen LogP contribution is 2.46. The van der Waals surface area contributed by atoms with Crippen molar-refractivity contribution in [2.24, 2.45) is 0 Å². The summed E-state index contributed by atoms with van der Waals surface area (Å²) in [5.41, 5.74) is 13.8. The second kappa shape index (κ2) is 21.1. The summed E-state index contributed by atoms with van der Waals surface area (Å²) in [6, 6.07) is 31.8. The van der Waals surface area contributed by atoms with Crippen molar-refractivity contribution in [3.63, 3.8) is 0 Å². The molecule has 2 saturated heterocycles. The first-order chi connectivity index (χ1) is 35.7. The number of pyridine rings is 2. The molecule has 11 rings (SSSR count). The van der Waals surface area contributed by atoms with Crippen LogP contribution in [0.15, 0.2) is 114 Å². The third-order valence-corrected chi connectivity index (χ3v) is 12.8. The number of nitrogens with two attached hydrogens (primary N) is 1. The zero-order valence-corrected chi connectivity index (χ0v) is 41.5. The van der Waals surface area contributed by atoms with Crippen LogP contribution in [-0.2, 0) is 33.7 Å². The molecule has 382 valence electrons. The van der Waals surface area contributed by atoms with Gasteiger partial charge in [-0.2, -0.15) is 0 Å². The number of halogens is 2. The van der Waals surface area contributed by atoms with Gasteiger partial charge < -0.3 is 53.7 Å². The molecule has 6 heterocycles. The Hall–Kier alpha value is -8.15. The fraction of sp³-hybridized carbons (Fsp3) is 0.281. The second-order valence-electron chi connectivity index (χ2n) is 19.2. The van der Waals surface area contributed by atoms with Gasteiger partial charge in [-0.15, -0.1) is 0 Å². The van der Waals surface area contributed by atoms with Crippen LogP contribution in [0.3, 0.4) is 0 Å². The molecular formula is C57H56F2N6O9. The predicted molar refractivity (Wildman–Crippen MR) is 278 cm³/mol. The van der Waals surface area contributed by atoms with Crippen LogP contribution in [-0.4, -0.2) is 81.4 Å². The monoisotopic (exact) mass is 1010 g/mol. The van der Waals surface area contributed by atoms with Crippen LogP contribution >= 0.6 is 0 Å². The van der Waals surface area contributed by atoms with E-state index < -0.39 is 11.7 Å². The lowest BCUT2D eigenvalue weighted by Crippen LogP contribution is -2.36. The van der Waals surface area contributed by atoms with Crippen LogP contribution in [0.25, 0.3) is 22.5 Å². The Kier molecular flexibility index (Phi) is 14.1. The molecule has 4 aliphatic rings. The Morgan fingerprint density at radius 1 is 0.730 bits per heavy atom. The maximum absolute atomic E-state index is 15.3. The Labute approximate surface area is 426 Å². The number of benzene rings is 5. The van der Waals surface area contributed by atoms with E-state index in [0.717, 1.165) is 60.0 Å². The van der Waals surface area contributed by atoms with E-state index in [2.05, 4.69) is 20.1 Å². The molecule has 5 aromatic carbocycles. The van der Waals surface area contributed by atoms with Crippen molar-refractivity contribution in [3.05, 3.63) is 159 Å². The number of aromatic amines is 1. The van der Waals surface area contributed by atoms with Crippen molar-refractivity contribution in [3.8, 4) is 57.1 Å². The number of fused-ring (bicyclic) bond motifs is 4. The number of aromatic nitrogens is 2. The Bertz CT molecular complexity index is 3280. The summed E-state index contributed by atoms with van der Waals surface area (Å²) in [6.45, 7) is 11.1. The number of hydrogen-bond acceptors (Lipinski definition) is 13. The molecule has 1 amide bonds.